The molecular formula is C25H21ClN2O3. The van der Waals surface area contributed by atoms with Gasteiger partial charge in [0, 0.05) is 22.6 Å². The van der Waals surface area contributed by atoms with Crippen molar-refractivity contribution in [3.05, 3.63) is 94.0 Å². The van der Waals surface area contributed by atoms with Gasteiger partial charge in [-0.05, 0) is 55.0 Å². The van der Waals surface area contributed by atoms with Gasteiger partial charge in [-0.25, -0.2) is 5.01 Å². The minimum absolute atomic E-state index is 0.119. The predicted octanol–water partition coefficient (Wildman–Crippen LogP) is 5.41. The molecule has 31 heavy (non-hydrogen) atoms. The molecule has 5 rings (SSSR count). The molecule has 0 amide bonds. The maximum Gasteiger partial charge on any atom is 0.251 e. The lowest BCUT2D eigenvalue weighted by molar-refractivity contribution is -0.00455. The Bertz CT molecular complexity index is 1170. The zero-order valence-electron chi connectivity index (χ0n) is 17.2. The number of carbonyl (C=O) groups excluding carboxylic acids is 1. The average Bonchev–Trinajstić information content (AvgIpc) is 3.24. The quantitative estimate of drug-likeness (QED) is 0.517. The summed E-state index contributed by atoms with van der Waals surface area (Å²) < 4.78 is 11.4. The smallest absolute Gasteiger partial charge is 0.251 e. The molecule has 2 aliphatic rings. The van der Waals surface area contributed by atoms with E-state index in [1.54, 1.807) is 42.5 Å². The zero-order valence-corrected chi connectivity index (χ0v) is 18.0. The van der Waals surface area contributed by atoms with Crippen molar-refractivity contribution in [3.8, 4) is 11.5 Å². The van der Waals surface area contributed by atoms with Gasteiger partial charge in [-0.1, -0.05) is 41.4 Å². The Kier molecular flexibility index (Phi) is 4.91. The molecule has 0 fully saturated rings. The summed E-state index contributed by atoms with van der Waals surface area (Å²) in [6.07, 6.45) is -0.179. The van der Waals surface area contributed by atoms with E-state index < -0.39 is 6.23 Å². The van der Waals surface area contributed by atoms with Gasteiger partial charge in [0.15, 0.2) is 0 Å². The van der Waals surface area contributed by atoms with E-state index in [2.05, 4.69) is 31.2 Å². The number of hydrogen-bond acceptors (Lipinski definition) is 5. The molecule has 2 unspecified atom stereocenters. The van der Waals surface area contributed by atoms with Gasteiger partial charge in [-0.3, -0.25) is 4.79 Å². The van der Waals surface area contributed by atoms with E-state index in [0.29, 0.717) is 28.5 Å². The molecule has 0 saturated carbocycles. The third-order valence-corrected chi connectivity index (χ3v) is 5.97. The first-order valence-corrected chi connectivity index (χ1v) is 10.5. The molecule has 0 N–H and O–H groups in total. The fourth-order valence-corrected chi connectivity index (χ4v) is 4.23. The van der Waals surface area contributed by atoms with Crippen molar-refractivity contribution in [2.24, 2.45) is 5.10 Å². The van der Waals surface area contributed by atoms with Crippen molar-refractivity contribution in [3.63, 3.8) is 0 Å². The normalized spacial score (nSPS) is 19.2. The summed E-state index contributed by atoms with van der Waals surface area (Å²) in [5.41, 5.74) is 4.64. The Hall–Kier alpha value is -3.31. The highest BCUT2D eigenvalue weighted by molar-refractivity contribution is 6.30. The Morgan fingerprint density at radius 3 is 2.55 bits per heavy atom. The lowest BCUT2D eigenvalue weighted by Crippen LogP contribution is -2.45. The number of rotatable bonds is 4. The minimum atomic E-state index is -0.852. The van der Waals surface area contributed by atoms with Crippen LogP contribution in [0, 0.1) is 6.92 Å². The van der Waals surface area contributed by atoms with Crippen LogP contribution in [0.5, 0.6) is 11.5 Å². The first kappa shape index (κ1) is 19.6. The number of hydrazone groups is 1. The van der Waals surface area contributed by atoms with E-state index in [1.165, 1.54) is 5.56 Å². The second-order valence-electron chi connectivity index (χ2n) is 7.76. The highest BCUT2D eigenvalue weighted by atomic mass is 35.5. The molecule has 2 atom stereocenters. The SMILES string of the molecule is COc1ccc(C(=O)C2Oc3ccc(Cl)cc3C3CC(c4ccc(C)cc4)=NN23)cc1. The molecule has 0 aliphatic carbocycles. The first-order valence-electron chi connectivity index (χ1n) is 10.1. The van der Waals surface area contributed by atoms with E-state index in [-0.39, 0.29) is 11.8 Å². The third kappa shape index (κ3) is 3.55. The van der Waals surface area contributed by atoms with E-state index >= 15 is 0 Å². The van der Waals surface area contributed by atoms with Crippen molar-refractivity contribution in [2.75, 3.05) is 7.11 Å². The molecule has 0 bridgehead atoms. The summed E-state index contributed by atoms with van der Waals surface area (Å²) in [5, 5.41) is 7.25. The number of ether oxygens (including phenoxy) is 2. The molecule has 0 saturated heterocycles. The van der Waals surface area contributed by atoms with Gasteiger partial charge in [0.1, 0.15) is 11.5 Å². The van der Waals surface area contributed by atoms with Crippen LogP contribution < -0.4 is 9.47 Å². The second-order valence-corrected chi connectivity index (χ2v) is 8.19. The molecule has 156 valence electrons. The summed E-state index contributed by atoms with van der Waals surface area (Å²) in [4.78, 5) is 13.4. The average molecular weight is 433 g/mol. The summed E-state index contributed by atoms with van der Waals surface area (Å²) in [5.74, 6) is 1.21. The topological polar surface area (TPSA) is 51.1 Å². The monoisotopic (exact) mass is 432 g/mol. The molecule has 2 heterocycles. The fourth-order valence-electron chi connectivity index (χ4n) is 4.05. The Labute approximate surface area is 185 Å². The maximum atomic E-state index is 13.4. The van der Waals surface area contributed by atoms with Gasteiger partial charge < -0.3 is 9.47 Å². The number of benzene rings is 3. The standard InChI is InChI=1S/C25H21ClN2O3/c1-15-3-5-16(6-4-15)21-14-22-20-13-18(26)9-12-23(20)31-25(28(22)27-21)24(29)17-7-10-19(30-2)11-8-17/h3-13,22,25H,14H2,1-2H3. The molecular weight excluding hydrogens is 412 g/mol. The summed E-state index contributed by atoms with van der Waals surface area (Å²) in [7, 11) is 1.60. The highest BCUT2D eigenvalue weighted by Crippen LogP contribution is 2.44. The lowest BCUT2D eigenvalue weighted by Gasteiger charge is -2.37. The highest BCUT2D eigenvalue weighted by Gasteiger charge is 2.43. The number of carbonyl (C=O) groups is 1. The molecule has 2 aliphatic heterocycles. The van der Waals surface area contributed by atoms with Gasteiger partial charge in [0.25, 0.3) is 6.23 Å². The molecule has 6 heteroatoms. The van der Waals surface area contributed by atoms with Gasteiger partial charge in [0.05, 0.1) is 18.9 Å². The van der Waals surface area contributed by atoms with Crippen LogP contribution in [0.25, 0.3) is 0 Å². The van der Waals surface area contributed by atoms with Gasteiger partial charge in [0.2, 0.25) is 5.78 Å². The summed E-state index contributed by atoms with van der Waals surface area (Å²) >= 11 is 6.27. The van der Waals surface area contributed by atoms with Crippen LogP contribution in [0.1, 0.15) is 39.5 Å². The number of fused-ring (bicyclic) bond motifs is 3. The number of Topliss-reactive ketones (excluding diaryl/α,β-unsaturated/α-hetero) is 1. The van der Waals surface area contributed by atoms with Crippen LogP contribution in [0.15, 0.2) is 71.8 Å². The van der Waals surface area contributed by atoms with Crippen LogP contribution in [0.3, 0.4) is 0 Å². The predicted molar refractivity (Wildman–Crippen MR) is 120 cm³/mol. The largest absolute Gasteiger partial charge is 0.497 e. The molecule has 5 nitrogen and oxygen atoms in total. The number of halogens is 1. The number of aryl methyl sites for hydroxylation is 1. The first-order chi connectivity index (χ1) is 15.0. The minimum Gasteiger partial charge on any atom is -0.497 e. The van der Waals surface area contributed by atoms with Crippen molar-refractivity contribution < 1.29 is 14.3 Å². The van der Waals surface area contributed by atoms with Crippen molar-refractivity contribution in [1.29, 1.82) is 0 Å². The summed E-state index contributed by atoms with van der Waals surface area (Å²) in [6, 6.07) is 20.7. The van der Waals surface area contributed by atoms with Crippen LogP contribution in [0.4, 0.5) is 0 Å². The van der Waals surface area contributed by atoms with Crippen molar-refractivity contribution in [2.45, 2.75) is 25.6 Å². The number of methoxy groups -OCH3 is 1. The molecule has 0 aromatic heterocycles. The third-order valence-electron chi connectivity index (χ3n) is 5.74. The molecule has 3 aromatic carbocycles. The molecule has 3 aromatic rings. The van der Waals surface area contributed by atoms with E-state index in [9.17, 15) is 4.79 Å². The summed E-state index contributed by atoms with van der Waals surface area (Å²) in [6.45, 7) is 2.05. The second kappa shape index (κ2) is 7.75. The van der Waals surface area contributed by atoms with Crippen molar-refractivity contribution in [1.82, 2.24) is 5.01 Å². The van der Waals surface area contributed by atoms with Crippen LogP contribution >= 0.6 is 11.6 Å². The number of nitrogens with zero attached hydrogens (tertiary/aromatic N) is 2. The number of hydrogen-bond donors (Lipinski definition) is 0. The Morgan fingerprint density at radius 1 is 1.10 bits per heavy atom. The van der Waals surface area contributed by atoms with Crippen LogP contribution in [0.2, 0.25) is 5.02 Å². The molecule has 0 spiro atoms. The Morgan fingerprint density at radius 2 is 1.84 bits per heavy atom. The van der Waals surface area contributed by atoms with E-state index in [1.807, 2.05) is 12.1 Å². The lowest BCUT2D eigenvalue weighted by atomic mass is 9.95. The van der Waals surface area contributed by atoms with Gasteiger partial charge >= 0.3 is 0 Å². The fraction of sp³-hybridized carbons (Fsp3) is 0.200. The van der Waals surface area contributed by atoms with Gasteiger partial charge in [-0.15, -0.1) is 0 Å². The number of ketones is 1. The van der Waals surface area contributed by atoms with E-state index in [0.717, 1.165) is 16.8 Å². The van der Waals surface area contributed by atoms with Crippen LogP contribution in [-0.2, 0) is 0 Å². The Balaban J connectivity index is 1.55. The van der Waals surface area contributed by atoms with E-state index in [4.69, 9.17) is 26.2 Å². The van der Waals surface area contributed by atoms with Crippen LogP contribution in [-0.4, -0.2) is 29.8 Å². The maximum absolute atomic E-state index is 13.4. The zero-order chi connectivity index (χ0) is 21.5. The molecule has 0 radical (unpaired) electrons. The van der Waals surface area contributed by atoms with Crippen molar-refractivity contribution >= 4 is 23.1 Å². The van der Waals surface area contributed by atoms with Gasteiger partial charge in [-0.2, -0.15) is 5.10 Å².